The molecule has 174 valence electrons. The third-order valence-corrected chi connectivity index (χ3v) is 5.49. The van der Waals surface area contributed by atoms with Gasteiger partial charge in [0, 0.05) is 0 Å². The molecular weight excluding hydrogens is 443 g/mol. The van der Waals surface area contributed by atoms with Crippen LogP contribution in [0.5, 0.6) is 0 Å². The molecule has 8 nitrogen and oxygen atoms in total. The summed E-state index contributed by atoms with van der Waals surface area (Å²) in [6.07, 6.45) is -4.08. The topological polar surface area (TPSA) is 96.2 Å². The van der Waals surface area contributed by atoms with Crippen molar-refractivity contribution in [2.45, 2.75) is 30.6 Å². The van der Waals surface area contributed by atoms with E-state index in [1.54, 1.807) is 54.6 Å². The van der Waals surface area contributed by atoms with Gasteiger partial charge in [-0.3, -0.25) is 0 Å². The zero-order chi connectivity index (χ0) is 24.1. The van der Waals surface area contributed by atoms with Crippen LogP contribution in [0.1, 0.15) is 10.4 Å². The van der Waals surface area contributed by atoms with Gasteiger partial charge in [0.25, 0.3) is 0 Å². The Hall–Kier alpha value is -3.30. The van der Waals surface area contributed by atoms with E-state index >= 15 is 0 Å². The van der Waals surface area contributed by atoms with E-state index in [1.165, 1.54) is 13.2 Å². The zero-order valence-electron chi connectivity index (χ0n) is 18.4. The second-order valence-corrected chi connectivity index (χ2v) is 7.61. The maximum atomic E-state index is 13.9. The van der Waals surface area contributed by atoms with E-state index in [0.717, 1.165) is 12.4 Å². The summed E-state index contributed by atoms with van der Waals surface area (Å²) >= 11 is 0. The molecule has 1 N–H and O–H groups in total. The number of halogens is 1. The van der Waals surface area contributed by atoms with Gasteiger partial charge >= 0.3 is 196 Å². The minimum atomic E-state index is -1.07. The number of hydrogen-bond acceptors (Lipinski definition) is 8. The van der Waals surface area contributed by atoms with Crippen LogP contribution in [0, 0.1) is 0 Å². The van der Waals surface area contributed by atoms with Gasteiger partial charge in [0.1, 0.15) is 0 Å². The SMILES string of the molecule is B=BO[C@@H]1C(CF)O[C@H](OC)C(Nc2ccc3ccc(=O)oc3c2)C1OC(=O)c1ccccc1. The Balaban J connectivity index is 1.69. The molecule has 0 spiro atoms. The van der Waals surface area contributed by atoms with E-state index in [9.17, 15) is 14.0 Å². The molecule has 0 radical (unpaired) electrons. The van der Waals surface area contributed by atoms with Crippen molar-refractivity contribution in [1.82, 2.24) is 0 Å². The molecule has 1 aliphatic rings. The molecule has 11 heteroatoms. The zero-order valence-corrected chi connectivity index (χ0v) is 18.4. The van der Waals surface area contributed by atoms with Crippen LogP contribution in [0.2, 0.25) is 0 Å². The van der Waals surface area contributed by atoms with Gasteiger partial charge in [-0.25, -0.2) is 0 Å². The summed E-state index contributed by atoms with van der Waals surface area (Å²) in [5.41, 5.74) is 0.736. The van der Waals surface area contributed by atoms with Crippen molar-refractivity contribution >= 4 is 37.0 Å². The number of carbonyl (C=O) groups is 1. The Morgan fingerprint density at radius 3 is 2.62 bits per heavy atom. The number of nitrogens with one attached hydrogen (secondary N) is 1. The second-order valence-electron chi connectivity index (χ2n) is 7.61. The molecule has 0 aliphatic carbocycles. The molecule has 1 saturated heterocycles. The molecule has 2 heterocycles. The molecule has 0 bridgehead atoms. The molecule has 34 heavy (non-hydrogen) atoms. The molecule has 1 fully saturated rings. The first-order valence-corrected chi connectivity index (χ1v) is 10.6. The van der Waals surface area contributed by atoms with Crippen molar-refractivity contribution in [3.05, 3.63) is 76.6 Å². The Labute approximate surface area is 196 Å². The number of carbonyl (C=O) groups excluding carboxylic acids is 1. The van der Waals surface area contributed by atoms with Crippen LogP contribution >= 0.6 is 0 Å². The first-order valence-electron chi connectivity index (χ1n) is 10.6. The first kappa shape index (κ1) is 23.8. The van der Waals surface area contributed by atoms with Gasteiger partial charge in [-0.2, -0.15) is 0 Å². The van der Waals surface area contributed by atoms with E-state index < -0.39 is 48.9 Å². The molecular formula is C23H22B2FNO7. The van der Waals surface area contributed by atoms with Crippen LogP contribution in [0.25, 0.3) is 11.0 Å². The Bertz CT molecular complexity index is 1210. The van der Waals surface area contributed by atoms with Crippen molar-refractivity contribution in [2.24, 2.45) is 0 Å². The number of rotatable bonds is 8. The third kappa shape index (κ3) is 5.10. The summed E-state index contributed by atoms with van der Waals surface area (Å²) < 4.78 is 41.7. The van der Waals surface area contributed by atoms with E-state index in [-0.39, 0.29) is 0 Å². The fourth-order valence-electron chi connectivity index (χ4n) is 3.91. The summed E-state index contributed by atoms with van der Waals surface area (Å²) in [5, 5.41) is 3.93. The number of anilines is 1. The fraction of sp³-hybridized carbons (Fsp3) is 0.304. The van der Waals surface area contributed by atoms with Crippen molar-refractivity contribution in [2.75, 3.05) is 19.1 Å². The van der Waals surface area contributed by atoms with E-state index in [4.69, 9.17) is 23.3 Å². The number of fused-ring (bicyclic) bond motifs is 1. The second kappa shape index (κ2) is 10.8. The van der Waals surface area contributed by atoms with Crippen LogP contribution in [0.4, 0.5) is 10.1 Å². The van der Waals surface area contributed by atoms with Crippen LogP contribution in [-0.2, 0) is 18.9 Å². The number of methoxy groups -OCH3 is 1. The van der Waals surface area contributed by atoms with E-state index in [1.807, 2.05) is 0 Å². The van der Waals surface area contributed by atoms with E-state index in [2.05, 4.69) is 12.7 Å². The summed E-state index contributed by atoms with van der Waals surface area (Å²) in [6.45, 7) is -0.897. The van der Waals surface area contributed by atoms with Crippen LogP contribution in [-0.4, -0.2) is 64.8 Å². The quantitative estimate of drug-likeness (QED) is 0.307. The van der Waals surface area contributed by atoms with Gasteiger partial charge in [0.2, 0.25) is 0 Å². The number of hydrogen-bond donors (Lipinski definition) is 1. The Morgan fingerprint density at radius 2 is 1.91 bits per heavy atom. The number of esters is 1. The van der Waals surface area contributed by atoms with Gasteiger partial charge in [-0.15, -0.1) is 0 Å². The van der Waals surface area contributed by atoms with Gasteiger partial charge in [0.05, 0.1) is 0 Å². The van der Waals surface area contributed by atoms with Gasteiger partial charge in [0.15, 0.2) is 0 Å². The van der Waals surface area contributed by atoms with Crippen molar-refractivity contribution < 1.29 is 32.5 Å². The third-order valence-electron chi connectivity index (χ3n) is 5.49. The predicted molar refractivity (Wildman–Crippen MR) is 125 cm³/mol. The normalized spacial score (nSPS) is 24.2. The van der Waals surface area contributed by atoms with Crippen LogP contribution < -0.4 is 10.9 Å². The van der Waals surface area contributed by atoms with Crippen molar-refractivity contribution in [3.8, 4) is 0 Å². The number of alkyl halides is 1. The monoisotopic (exact) mass is 465 g/mol. The van der Waals surface area contributed by atoms with Crippen molar-refractivity contribution in [1.29, 1.82) is 0 Å². The summed E-state index contributed by atoms with van der Waals surface area (Å²) in [7, 11) is 6.10. The van der Waals surface area contributed by atoms with E-state index in [0.29, 0.717) is 16.8 Å². The molecule has 3 aromatic rings. The molecule has 3 unspecified atom stereocenters. The number of benzene rings is 2. The molecule has 1 aliphatic heterocycles. The molecule has 5 atom stereocenters. The Morgan fingerprint density at radius 1 is 1.15 bits per heavy atom. The summed E-state index contributed by atoms with van der Waals surface area (Å²) in [5.74, 6) is -0.617. The average Bonchev–Trinajstić information content (AvgIpc) is 2.86. The average molecular weight is 465 g/mol. The van der Waals surface area contributed by atoms with Crippen molar-refractivity contribution in [3.63, 3.8) is 0 Å². The standard InChI is InChI=1S/C23H22B2FNO7/c1-30-23-19(27-15-9-7-13-8-10-18(28)31-16(13)11-15)21(20(34-25-24)17(12-26)32-23)33-22(29)14-5-3-2-4-6-14/h2-11,17,19-21,23-24,27H,12H2,1H3/t17?,19?,20-,21?,23+/m1/s1. The van der Waals surface area contributed by atoms with Gasteiger partial charge in [-0.1, -0.05) is 0 Å². The molecule has 2 aromatic carbocycles. The van der Waals surface area contributed by atoms with Crippen LogP contribution in [0.15, 0.2) is 69.9 Å². The minimum absolute atomic E-state index is 0.323. The first-order chi connectivity index (χ1) is 16.5. The maximum absolute atomic E-state index is 13.9. The predicted octanol–water partition coefficient (Wildman–Crippen LogP) is 1.96. The summed E-state index contributed by atoms with van der Waals surface area (Å²) in [4.78, 5) is 24.5. The molecule has 0 saturated carbocycles. The number of ether oxygens (including phenoxy) is 3. The van der Waals surface area contributed by atoms with Gasteiger partial charge in [-0.05, 0) is 0 Å². The van der Waals surface area contributed by atoms with Gasteiger partial charge < -0.3 is 0 Å². The Kier molecular flexibility index (Phi) is 7.54. The molecule has 1 aromatic heterocycles. The fourth-order valence-corrected chi connectivity index (χ4v) is 3.91. The molecule has 0 amide bonds. The summed E-state index contributed by atoms with van der Waals surface area (Å²) in [6, 6.07) is 15.7. The van der Waals surface area contributed by atoms with Crippen LogP contribution in [0.3, 0.4) is 0 Å². The molecule has 4 rings (SSSR count).